The van der Waals surface area contributed by atoms with E-state index in [1.165, 1.54) is 4.90 Å². The number of carboxylic acid groups (broad SMARTS) is 1. The van der Waals surface area contributed by atoms with Crippen molar-refractivity contribution in [1.29, 1.82) is 0 Å². The Hall–Kier alpha value is -2.86. The number of carbonyl (C=O) groups is 4. The molecule has 4 amide bonds. The smallest absolute Gasteiger partial charge is 0.475 e. The summed E-state index contributed by atoms with van der Waals surface area (Å²) in [6.07, 6.45) is -4.88. The highest BCUT2D eigenvalue weighted by atomic mass is 35.5. The number of nitrogens with zero attached hydrogens (tertiary/aromatic N) is 2. The zero-order valence-electron chi connectivity index (χ0n) is 15.5. The minimum absolute atomic E-state index is 0.0853. The van der Waals surface area contributed by atoms with Gasteiger partial charge in [-0.05, 0) is 18.2 Å². The van der Waals surface area contributed by atoms with E-state index in [-0.39, 0.29) is 24.8 Å². The summed E-state index contributed by atoms with van der Waals surface area (Å²) >= 11 is 6.18. The predicted molar refractivity (Wildman–Crippen MR) is 99.4 cm³/mol. The molecule has 9 nitrogen and oxygen atoms in total. The highest BCUT2D eigenvalue weighted by Gasteiger charge is 2.38. The first-order valence-corrected chi connectivity index (χ1v) is 9.09. The lowest BCUT2D eigenvalue weighted by atomic mass is 10.1. The van der Waals surface area contributed by atoms with Crippen molar-refractivity contribution in [2.24, 2.45) is 0 Å². The molecule has 2 heterocycles. The van der Waals surface area contributed by atoms with Gasteiger partial charge in [0.05, 0.1) is 10.7 Å². The second kappa shape index (κ2) is 9.76. The Morgan fingerprint density at radius 2 is 1.70 bits per heavy atom. The van der Waals surface area contributed by atoms with Crippen molar-refractivity contribution in [3.8, 4) is 0 Å². The second-order valence-corrected chi connectivity index (χ2v) is 6.67. The number of benzene rings is 1. The van der Waals surface area contributed by atoms with E-state index >= 15 is 0 Å². The van der Waals surface area contributed by atoms with Crippen LogP contribution >= 0.6 is 11.6 Å². The van der Waals surface area contributed by atoms with Gasteiger partial charge in [-0.15, -0.1) is 0 Å². The van der Waals surface area contributed by atoms with Crippen LogP contribution in [0.5, 0.6) is 0 Å². The van der Waals surface area contributed by atoms with Crippen LogP contribution in [-0.2, 0) is 9.59 Å². The molecule has 0 aromatic heterocycles. The van der Waals surface area contributed by atoms with Crippen molar-refractivity contribution >= 4 is 41.1 Å². The summed E-state index contributed by atoms with van der Waals surface area (Å²) in [5.41, 5.74) is 0.925. The molecule has 2 aliphatic heterocycles. The number of halogens is 4. The largest absolute Gasteiger partial charge is 0.490 e. The van der Waals surface area contributed by atoms with Gasteiger partial charge in [0.1, 0.15) is 0 Å². The second-order valence-electron chi connectivity index (χ2n) is 6.27. The Bertz CT molecular complexity index is 843. The van der Waals surface area contributed by atoms with Crippen LogP contribution in [0.2, 0.25) is 5.02 Å². The Morgan fingerprint density at radius 1 is 1.10 bits per heavy atom. The van der Waals surface area contributed by atoms with Crippen LogP contribution in [0, 0.1) is 0 Å². The molecule has 3 rings (SSSR count). The van der Waals surface area contributed by atoms with E-state index in [4.69, 9.17) is 21.5 Å². The quantitative estimate of drug-likeness (QED) is 0.627. The SMILES string of the molecule is O=C(O)C(F)(F)F.O=C1CCN(c2cc(C(=O)N3CCNCC3)ccc2Cl)C(=O)N1. The maximum atomic E-state index is 12.6. The topological polar surface area (TPSA) is 119 Å². The molecule has 2 saturated heterocycles. The predicted octanol–water partition coefficient (Wildman–Crippen LogP) is 1.46. The van der Waals surface area contributed by atoms with Crippen molar-refractivity contribution in [3.05, 3.63) is 28.8 Å². The minimum Gasteiger partial charge on any atom is -0.475 e. The van der Waals surface area contributed by atoms with Crippen LogP contribution in [0.1, 0.15) is 16.8 Å². The number of alkyl halides is 3. The summed E-state index contributed by atoms with van der Waals surface area (Å²) in [6.45, 7) is 3.08. The fourth-order valence-corrected chi connectivity index (χ4v) is 2.92. The number of hydrogen-bond donors (Lipinski definition) is 3. The summed E-state index contributed by atoms with van der Waals surface area (Å²) in [5.74, 6) is -3.15. The molecule has 0 bridgehead atoms. The van der Waals surface area contributed by atoms with E-state index in [9.17, 15) is 27.6 Å². The molecule has 0 unspecified atom stereocenters. The summed E-state index contributed by atoms with van der Waals surface area (Å²) in [5, 5.41) is 12.9. The number of anilines is 1. The van der Waals surface area contributed by atoms with Gasteiger partial charge < -0.3 is 15.3 Å². The molecule has 2 fully saturated rings. The van der Waals surface area contributed by atoms with Crippen molar-refractivity contribution < 1.29 is 37.5 Å². The molecule has 0 spiro atoms. The lowest BCUT2D eigenvalue weighted by Gasteiger charge is -2.29. The van der Waals surface area contributed by atoms with Crippen LogP contribution in [-0.4, -0.2) is 72.7 Å². The third-order valence-electron chi connectivity index (χ3n) is 4.18. The van der Waals surface area contributed by atoms with Gasteiger partial charge in [-0.3, -0.25) is 19.8 Å². The zero-order chi connectivity index (χ0) is 22.5. The van der Waals surface area contributed by atoms with Crippen LogP contribution in [0.15, 0.2) is 18.2 Å². The standard InChI is InChI=1S/C15H17ClN4O3.C2HF3O2/c16-11-2-1-10(14(22)19-7-4-17-5-8-19)9-12(11)20-6-3-13(21)18-15(20)23;3-2(4,5)1(6)7/h1-2,9,17H,3-8H2,(H,18,21,23);(H,6,7). The molecule has 30 heavy (non-hydrogen) atoms. The highest BCUT2D eigenvalue weighted by molar-refractivity contribution is 6.34. The number of rotatable bonds is 2. The molecule has 13 heteroatoms. The summed E-state index contributed by atoms with van der Waals surface area (Å²) in [4.78, 5) is 47.8. The number of hydrogen-bond acceptors (Lipinski definition) is 5. The van der Waals surface area contributed by atoms with Crippen molar-refractivity contribution in [1.82, 2.24) is 15.5 Å². The van der Waals surface area contributed by atoms with E-state index in [0.29, 0.717) is 29.4 Å². The van der Waals surface area contributed by atoms with Crippen molar-refractivity contribution in [3.63, 3.8) is 0 Å². The number of aliphatic carboxylic acids is 1. The first-order chi connectivity index (χ1) is 14.0. The Labute approximate surface area is 173 Å². The molecule has 2 aliphatic rings. The van der Waals surface area contributed by atoms with E-state index in [1.807, 2.05) is 0 Å². The minimum atomic E-state index is -5.08. The van der Waals surface area contributed by atoms with Crippen molar-refractivity contribution in [2.75, 3.05) is 37.6 Å². The first-order valence-electron chi connectivity index (χ1n) is 8.71. The number of nitrogens with one attached hydrogen (secondary N) is 2. The van der Waals surface area contributed by atoms with Crippen molar-refractivity contribution in [2.45, 2.75) is 12.6 Å². The van der Waals surface area contributed by atoms with E-state index in [0.717, 1.165) is 13.1 Å². The third-order valence-corrected chi connectivity index (χ3v) is 4.50. The van der Waals surface area contributed by atoms with Gasteiger partial charge in [-0.2, -0.15) is 13.2 Å². The number of urea groups is 1. The van der Waals surface area contributed by atoms with Gasteiger partial charge in [0.2, 0.25) is 5.91 Å². The maximum absolute atomic E-state index is 12.6. The highest BCUT2D eigenvalue weighted by Crippen LogP contribution is 2.29. The molecule has 3 N–H and O–H groups in total. The number of imide groups is 1. The molecular weight excluding hydrogens is 433 g/mol. The van der Waals surface area contributed by atoms with Gasteiger partial charge in [0, 0.05) is 44.7 Å². The third kappa shape index (κ3) is 6.07. The van der Waals surface area contributed by atoms with Crippen LogP contribution in [0.25, 0.3) is 0 Å². The molecule has 0 saturated carbocycles. The number of amides is 4. The summed E-state index contributed by atoms with van der Waals surface area (Å²) in [6, 6.07) is 4.36. The summed E-state index contributed by atoms with van der Waals surface area (Å²) in [7, 11) is 0. The lowest BCUT2D eigenvalue weighted by molar-refractivity contribution is -0.192. The van der Waals surface area contributed by atoms with Crippen LogP contribution < -0.4 is 15.5 Å². The lowest BCUT2D eigenvalue weighted by Crippen LogP contribution is -2.49. The zero-order valence-corrected chi connectivity index (χ0v) is 16.2. The van der Waals surface area contributed by atoms with Crippen LogP contribution in [0.3, 0.4) is 0 Å². The van der Waals surface area contributed by atoms with E-state index in [2.05, 4.69) is 10.6 Å². The fraction of sp³-hybridized carbons (Fsp3) is 0.412. The average molecular weight is 451 g/mol. The molecule has 0 radical (unpaired) electrons. The monoisotopic (exact) mass is 450 g/mol. The molecule has 164 valence electrons. The fourth-order valence-electron chi connectivity index (χ4n) is 2.70. The van der Waals surface area contributed by atoms with Gasteiger partial charge in [-0.1, -0.05) is 11.6 Å². The number of carbonyl (C=O) groups excluding carboxylic acids is 3. The van der Waals surface area contributed by atoms with E-state index in [1.54, 1.807) is 23.1 Å². The van der Waals surface area contributed by atoms with Gasteiger partial charge >= 0.3 is 18.2 Å². The average Bonchev–Trinajstić information content (AvgIpc) is 2.69. The molecule has 1 aromatic carbocycles. The van der Waals surface area contributed by atoms with Gasteiger partial charge in [-0.25, -0.2) is 9.59 Å². The normalized spacial score (nSPS) is 17.1. The molecule has 0 aliphatic carbocycles. The maximum Gasteiger partial charge on any atom is 0.490 e. The molecular formula is C17H18ClF3N4O5. The van der Waals surface area contributed by atoms with Gasteiger partial charge in [0.25, 0.3) is 5.91 Å². The van der Waals surface area contributed by atoms with Gasteiger partial charge in [0.15, 0.2) is 0 Å². The number of piperazine rings is 1. The van der Waals surface area contributed by atoms with Crippen LogP contribution in [0.4, 0.5) is 23.7 Å². The van der Waals surface area contributed by atoms with E-state index < -0.39 is 18.2 Å². The summed E-state index contributed by atoms with van der Waals surface area (Å²) < 4.78 is 31.7. The Balaban J connectivity index is 0.000000396. The molecule has 1 aromatic rings. The first kappa shape index (κ1) is 23.4. The molecule has 0 atom stereocenters. The number of carboxylic acids is 1. The Kier molecular flexibility index (Phi) is 7.62. The Morgan fingerprint density at radius 3 is 2.23 bits per heavy atom.